The zero-order valence-electron chi connectivity index (χ0n) is 11.1. The molecule has 0 amide bonds. The number of halogens is 1. The highest BCUT2D eigenvalue weighted by Crippen LogP contribution is 2.33. The Morgan fingerprint density at radius 2 is 2.17 bits per heavy atom. The second-order valence-electron chi connectivity index (χ2n) is 5.38. The predicted molar refractivity (Wildman–Crippen MR) is 76.8 cm³/mol. The van der Waals surface area contributed by atoms with Crippen molar-refractivity contribution in [2.24, 2.45) is 5.92 Å². The van der Waals surface area contributed by atoms with E-state index in [2.05, 4.69) is 22.9 Å². The Hall–Kier alpha value is -0.540. The lowest BCUT2D eigenvalue weighted by Gasteiger charge is -2.29. The number of hydrogen-bond acceptors (Lipinski definition) is 2. The molecule has 0 heterocycles. The van der Waals surface area contributed by atoms with Gasteiger partial charge in [0.2, 0.25) is 0 Å². The van der Waals surface area contributed by atoms with Crippen molar-refractivity contribution in [2.45, 2.75) is 52.2 Å². The number of aliphatic hydroxyl groups excluding tert-OH is 1. The van der Waals surface area contributed by atoms with E-state index in [4.69, 9.17) is 4.74 Å². The summed E-state index contributed by atoms with van der Waals surface area (Å²) in [5.74, 6) is 1.62. The maximum absolute atomic E-state index is 9.45. The summed E-state index contributed by atoms with van der Waals surface area (Å²) in [6, 6.07) is 3.98. The van der Waals surface area contributed by atoms with Crippen LogP contribution in [0.2, 0.25) is 0 Å². The van der Waals surface area contributed by atoms with E-state index in [-0.39, 0.29) is 6.61 Å². The monoisotopic (exact) mass is 312 g/mol. The van der Waals surface area contributed by atoms with Crippen LogP contribution in [0.3, 0.4) is 0 Å². The summed E-state index contributed by atoms with van der Waals surface area (Å²) in [4.78, 5) is 0. The SMILES string of the molecule is Cc1cc(Br)cc(CO)c1OC1CCCC(C)C1. The number of rotatable bonds is 3. The summed E-state index contributed by atoms with van der Waals surface area (Å²) in [5.41, 5.74) is 1.96. The fourth-order valence-electron chi connectivity index (χ4n) is 2.74. The Bertz CT molecular complexity index is 417. The molecule has 0 aromatic heterocycles. The maximum atomic E-state index is 9.45. The third-order valence-electron chi connectivity index (χ3n) is 3.66. The lowest BCUT2D eigenvalue weighted by molar-refractivity contribution is 0.124. The second-order valence-corrected chi connectivity index (χ2v) is 6.30. The Kier molecular flexibility index (Phi) is 4.68. The standard InChI is InChI=1S/C15H21BrO2/c1-10-4-3-5-14(6-10)18-15-11(2)7-13(16)8-12(15)9-17/h7-8,10,14,17H,3-6,9H2,1-2H3. The van der Waals surface area contributed by atoms with Crippen molar-refractivity contribution in [3.05, 3.63) is 27.7 Å². The van der Waals surface area contributed by atoms with E-state index in [0.717, 1.165) is 40.1 Å². The predicted octanol–water partition coefficient (Wildman–Crippen LogP) is 4.21. The maximum Gasteiger partial charge on any atom is 0.128 e. The zero-order chi connectivity index (χ0) is 13.1. The molecule has 0 aliphatic heterocycles. The molecule has 1 N–H and O–H groups in total. The molecule has 2 unspecified atom stereocenters. The molecule has 0 radical (unpaired) electrons. The van der Waals surface area contributed by atoms with Crippen LogP contribution in [0, 0.1) is 12.8 Å². The summed E-state index contributed by atoms with van der Waals surface area (Å²) >= 11 is 3.46. The van der Waals surface area contributed by atoms with Crippen LogP contribution in [0.25, 0.3) is 0 Å². The first-order valence-electron chi connectivity index (χ1n) is 6.66. The largest absolute Gasteiger partial charge is 0.490 e. The van der Waals surface area contributed by atoms with Gasteiger partial charge in [-0.25, -0.2) is 0 Å². The van der Waals surface area contributed by atoms with Crippen LogP contribution in [-0.2, 0) is 6.61 Å². The van der Waals surface area contributed by atoms with Crippen LogP contribution in [0.1, 0.15) is 43.7 Å². The quantitative estimate of drug-likeness (QED) is 0.906. The summed E-state index contributed by atoms with van der Waals surface area (Å²) in [6.45, 7) is 4.35. The average Bonchev–Trinajstić information content (AvgIpc) is 2.32. The minimum Gasteiger partial charge on any atom is -0.490 e. The Morgan fingerprint density at radius 3 is 2.83 bits per heavy atom. The molecule has 0 spiro atoms. The van der Waals surface area contributed by atoms with Gasteiger partial charge in [0, 0.05) is 10.0 Å². The molecule has 1 aromatic carbocycles. The molecule has 1 fully saturated rings. The van der Waals surface area contributed by atoms with Crippen molar-refractivity contribution in [1.82, 2.24) is 0 Å². The van der Waals surface area contributed by atoms with E-state index in [1.165, 1.54) is 12.8 Å². The van der Waals surface area contributed by atoms with Gasteiger partial charge in [0.1, 0.15) is 5.75 Å². The highest BCUT2D eigenvalue weighted by atomic mass is 79.9. The number of aliphatic hydroxyl groups is 1. The molecule has 1 aliphatic rings. The van der Waals surface area contributed by atoms with Crippen LogP contribution in [0.4, 0.5) is 0 Å². The van der Waals surface area contributed by atoms with Crippen molar-refractivity contribution in [3.63, 3.8) is 0 Å². The first kappa shape index (κ1) is 13.9. The number of ether oxygens (including phenoxy) is 1. The van der Waals surface area contributed by atoms with Gasteiger partial charge in [-0.2, -0.15) is 0 Å². The van der Waals surface area contributed by atoms with E-state index in [1.807, 2.05) is 19.1 Å². The molecule has 1 aromatic rings. The normalized spacial score (nSPS) is 24.0. The lowest BCUT2D eigenvalue weighted by atomic mass is 9.88. The summed E-state index contributed by atoms with van der Waals surface area (Å²) in [7, 11) is 0. The Morgan fingerprint density at radius 1 is 1.39 bits per heavy atom. The van der Waals surface area contributed by atoms with Crippen LogP contribution in [0.5, 0.6) is 5.75 Å². The zero-order valence-corrected chi connectivity index (χ0v) is 12.7. The van der Waals surface area contributed by atoms with E-state index >= 15 is 0 Å². The van der Waals surface area contributed by atoms with Crippen molar-refractivity contribution < 1.29 is 9.84 Å². The minimum absolute atomic E-state index is 0.0257. The van der Waals surface area contributed by atoms with Gasteiger partial charge < -0.3 is 9.84 Å². The van der Waals surface area contributed by atoms with E-state index in [1.54, 1.807) is 0 Å². The molecule has 2 atom stereocenters. The third-order valence-corrected chi connectivity index (χ3v) is 4.12. The average molecular weight is 313 g/mol. The molecule has 0 bridgehead atoms. The molecular formula is C15H21BrO2. The molecule has 100 valence electrons. The first-order chi connectivity index (χ1) is 8.60. The van der Waals surface area contributed by atoms with Gasteiger partial charge in [0.15, 0.2) is 0 Å². The highest BCUT2D eigenvalue weighted by molar-refractivity contribution is 9.10. The number of benzene rings is 1. The minimum atomic E-state index is 0.0257. The van der Waals surface area contributed by atoms with Crippen molar-refractivity contribution in [1.29, 1.82) is 0 Å². The molecule has 1 aliphatic carbocycles. The molecule has 2 rings (SSSR count). The smallest absolute Gasteiger partial charge is 0.128 e. The molecular weight excluding hydrogens is 292 g/mol. The van der Waals surface area contributed by atoms with Gasteiger partial charge in [-0.15, -0.1) is 0 Å². The lowest BCUT2D eigenvalue weighted by Crippen LogP contribution is -2.24. The van der Waals surface area contributed by atoms with Crippen molar-refractivity contribution in [2.75, 3.05) is 0 Å². The molecule has 2 nitrogen and oxygen atoms in total. The summed E-state index contributed by atoms with van der Waals surface area (Å²) < 4.78 is 7.15. The van der Waals surface area contributed by atoms with Gasteiger partial charge in [-0.05, 0) is 49.8 Å². The highest BCUT2D eigenvalue weighted by Gasteiger charge is 2.22. The molecule has 3 heteroatoms. The number of aryl methyl sites for hydroxylation is 1. The molecule has 18 heavy (non-hydrogen) atoms. The molecule has 1 saturated carbocycles. The number of hydrogen-bond donors (Lipinski definition) is 1. The van der Waals surface area contributed by atoms with Gasteiger partial charge in [-0.3, -0.25) is 0 Å². The van der Waals surface area contributed by atoms with Crippen LogP contribution in [0.15, 0.2) is 16.6 Å². The van der Waals surface area contributed by atoms with Gasteiger partial charge in [0.05, 0.1) is 12.7 Å². The van der Waals surface area contributed by atoms with Crippen LogP contribution in [-0.4, -0.2) is 11.2 Å². The molecule has 0 saturated heterocycles. The van der Waals surface area contributed by atoms with Crippen molar-refractivity contribution in [3.8, 4) is 5.75 Å². The third kappa shape index (κ3) is 3.27. The Labute approximate surface area is 117 Å². The van der Waals surface area contributed by atoms with Crippen LogP contribution >= 0.6 is 15.9 Å². The van der Waals surface area contributed by atoms with Gasteiger partial charge in [-0.1, -0.05) is 29.3 Å². The first-order valence-corrected chi connectivity index (χ1v) is 7.46. The van der Waals surface area contributed by atoms with E-state index < -0.39 is 0 Å². The summed E-state index contributed by atoms with van der Waals surface area (Å²) in [5, 5.41) is 9.45. The fourth-order valence-corrected chi connectivity index (χ4v) is 3.36. The Balaban J connectivity index is 2.17. The van der Waals surface area contributed by atoms with E-state index in [0.29, 0.717) is 6.10 Å². The van der Waals surface area contributed by atoms with Gasteiger partial charge in [0.25, 0.3) is 0 Å². The second kappa shape index (κ2) is 6.07. The van der Waals surface area contributed by atoms with Crippen molar-refractivity contribution >= 4 is 15.9 Å². The van der Waals surface area contributed by atoms with Crippen LogP contribution < -0.4 is 4.74 Å². The topological polar surface area (TPSA) is 29.5 Å². The fraction of sp³-hybridized carbons (Fsp3) is 0.600. The van der Waals surface area contributed by atoms with E-state index in [9.17, 15) is 5.11 Å². The van der Waals surface area contributed by atoms with Gasteiger partial charge >= 0.3 is 0 Å². The summed E-state index contributed by atoms with van der Waals surface area (Å²) in [6.07, 6.45) is 5.12.